The number of hydrogen-bond acceptors (Lipinski definition) is 3. The first-order valence-corrected chi connectivity index (χ1v) is 9.63. The summed E-state index contributed by atoms with van der Waals surface area (Å²) in [4.78, 5) is 0.402. The molecule has 1 aromatic carbocycles. The molecule has 0 amide bonds. The van der Waals surface area contributed by atoms with Crippen molar-refractivity contribution in [2.75, 3.05) is 12.3 Å². The highest BCUT2D eigenvalue weighted by atomic mass is 79.9. The van der Waals surface area contributed by atoms with Gasteiger partial charge in [0.15, 0.2) is 9.84 Å². The molecular weight excluding hydrogens is 338 g/mol. The van der Waals surface area contributed by atoms with Crippen LogP contribution in [0.3, 0.4) is 0 Å². The van der Waals surface area contributed by atoms with Crippen LogP contribution >= 0.6 is 15.9 Å². The van der Waals surface area contributed by atoms with Gasteiger partial charge >= 0.3 is 0 Å². The Morgan fingerprint density at radius 2 is 1.95 bits per heavy atom. The molecule has 0 saturated heterocycles. The van der Waals surface area contributed by atoms with Gasteiger partial charge in [0.2, 0.25) is 0 Å². The van der Waals surface area contributed by atoms with Gasteiger partial charge < -0.3 is 5.32 Å². The van der Waals surface area contributed by atoms with E-state index in [9.17, 15) is 8.42 Å². The molecule has 1 aromatic rings. The quantitative estimate of drug-likeness (QED) is 0.876. The second-order valence-corrected chi connectivity index (χ2v) is 8.72. The van der Waals surface area contributed by atoms with Crippen molar-refractivity contribution in [3.8, 4) is 0 Å². The van der Waals surface area contributed by atoms with E-state index in [1.165, 1.54) is 25.7 Å². The number of sulfone groups is 1. The lowest BCUT2D eigenvalue weighted by atomic mass is 9.87. The smallest absolute Gasteiger partial charge is 0.179 e. The molecule has 0 bridgehead atoms. The second kappa shape index (κ2) is 7.05. The molecule has 112 valence electrons. The molecule has 2 rings (SSSR count). The largest absolute Gasteiger partial charge is 0.313 e. The minimum absolute atomic E-state index is 0.166. The molecule has 1 aliphatic rings. The number of nitrogens with one attached hydrogen (secondary N) is 1. The Labute approximate surface area is 130 Å². The molecule has 2 unspecified atom stereocenters. The molecule has 1 N–H and O–H groups in total. The summed E-state index contributed by atoms with van der Waals surface area (Å²) in [5.41, 5.74) is 0. The van der Waals surface area contributed by atoms with Crippen molar-refractivity contribution in [1.82, 2.24) is 5.32 Å². The predicted octanol–water partition coefficient (Wildman–Crippen LogP) is 3.39. The van der Waals surface area contributed by atoms with Crippen molar-refractivity contribution in [2.24, 2.45) is 5.92 Å². The van der Waals surface area contributed by atoms with Gasteiger partial charge in [-0.2, -0.15) is 0 Å². The molecule has 0 radical (unpaired) electrons. The maximum atomic E-state index is 12.2. The topological polar surface area (TPSA) is 46.2 Å². The molecule has 20 heavy (non-hydrogen) atoms. The molecule has 1 aliphatic carbocycles. The van der Waals surface area contributed by atoms with E-state index in [0.29, 0.717) is 17.5 Å². The van der Waals surface area contributed by atoms with E-state index in [1.807, 2.05) is 0 Å². The molecule has 3 nitrogen and oxygen atoms in total. The van der Waals surface area contributed by atoms with Crippen LogP contribution in [0.5, 0.6) is 0 Å². The lowest BCUT2D eigenvalue weighted by molar-refractivity contribution is 0.305. The molecule has 0 aliphatic heterocycles. The number of halogens is 1. The number of benzene rings is 1. The van der Waals surface area contributed by atoms with E-state index in [2.05, 4.69) is 28.2 Å². The fourth-order valence-corrected chi connectivity index (χ4v) is 4.21. The summed E-state index contributed by atoms with van der Waals surface area (Å²) in [5, 5.41) is 3.40. The van der Waals surface area contributed by atoms with Crippen LogP contribution in [-0.4, -0.2) is 26.8 Å². The Kier molecular flexibility index (Phi) is 5.64. The molecule has 0 heterocycles. The first-order valence-electron chi connectivity index (χ1n) is 7.19. The zero-order valence-electron chi connectivity index (χ0n) is 11.8. The van der Waals surface area contributed by atoms with Crippen LogP contribution < -0.4 is 5.32 Å². The van der Waals surface area contributed by atoms with E-state index in [0.717, 1.165) is 10.4 Å². The first kappa shape index (κ1) is 16.0. The van der Waals surface area contributed by atoms with Crippen LogP contribution in [0.15, 0.2) is 33.6 Å². The van der Waals surface area contributed by atoms with E-state index < -0.39 is 9.84 Å². The summed E-state index contributed by atoms with van der Waals surface area (Å²) in [6.07, 6.45) is 4.88. The lowest BCUT2D eigenvalue weighted by Gasteiger charge is -2.27. The van der Waals surface area contributed by atoms with Gasteiger partial charge in [-0.05, 0) is 43.0 Å². The van der Waals surface area contributed by atoms with Crippen LogP contribution in [0.4, 0.5) is 0 Å². The summed E-state index contributed by atoms with van der Waals surface area (Å²) in [6.45, 7) is 2.81. The third-order valence-electron chi connectivity index (χ3n) is 3.91. The Balaban J connectivity index is 1.85. The van der Waals surface area contributed by atoms with Crippen LogP contribution in [0.2, 0.25) is 0 Å². The van der Waals surface area contributed by atoms with Gasteiger partial charge in [0.05, 0.1) is 10.6 Å². The summed E-state index contributed by atoms with van der Waals surface area (Å²) in [5.74, 6) is 0.920. The van der Waals surface area contributed by atoms with Gasteiger partial charge in [-0.25, -0.2) is 8.42 Å². The van der Waals surface area contributed by atoms with E-state index in [1.54, 1.807) is 24.3 Å². The average molecular weight is 360 g/mol. The summed E-state index contributed by atoms with van der Waals surface area (Å²) in [6, 6.07) is 7.33. The normalized spacial score (nSPS) is 23.7. The van der Waals surface area contributed by atoms with Crippen molar-refractivity contribution in [3.05, 3.63) is 28.7 Å². The van der Waals surface area contributed by atoms with Gasteiger partial charge in [-0.15, -0.1) is 0 Å². The first-order chi connectivity index (χ1) is 9.47. The molecule has 1 fully saturated rings. The minimum atomic E-state index is -3.17. The Bertz CT molecular complexity index is 527. The zero-order chi connectivity index (χ0) is 14.6. The fraction of sp³-hybridized carbons (Fsp3) is 0.600. The number of hydrogen-bond donors (Lipinski definition) is 1. The van der Waals surface area contributed by atoms with Gasteiger partial charge in [0, 0.05) is 17.1 Å². The Hall–Kier alpha value is -0.390. The second-order valence-electron chi connectivity index (χ2n) is 5.70. The SMILES string of the molecule is CC1CCCC(NCCS(=O)(=O)c2ccc(Br)cc2)C1. The third-order valence-corrected chi connectivity index (χ3v) is 6.17. The maximum absolute atomic E-state index is 12.2. The molecule has 2 atom stereocenters. The minimum Gasteiger partial charge on any atom is -0.313 e. The average Bonchev–Trinajstić information content (AvgIpc) is 2.39. The summed E-state index contributed by atoms with van der Waals surface area (Å²) >= 11 is 3.32. The van der Waals surface area contributed by atoms with Crippen molar-refractivity contribution in [1.29, 1.82) is 0 Å². The van der Waals surface area contributed by atoms with Gasteiger partial charge in [0.1, 0.15) is 0 Å². The Morgan fingerprint density at radius 3 is 2.60 bits per heavy atom. The monoisotopic (exact) mass is 359 g/mol. The van der Waals surface area contributed by atoms with Crippen LogP contribution in [0.1, 0.15) is 32.6 Å². The van der Waals surface area contributed by atoms with E-state index >= 15 is 0 Å². The predicted molar refractivity (Wildman–Crippen MR) is 85.6 cm³/mol. The molecular formula is C15H22BrNO2S. The van der Waals surface area contributed by atoms with Gasteiger partial charge in [0.25, 0.3) is 0 Å². The summed E-state index contributed by atoms with van der Waals surface area (Å²) in [7, 11) is -3.17. The van der Waals surface area contributed by atoms with Crippen molar-refractivity contribution in [3.63, 3.8) is 0 Å². The molecule has 0 aromatic heterocycles. The van der Waals surface area contributed by atoms with Crippen LogP contribution in [0, 0.1) is 5.92 Å². The van der Waals surface area contributed by atoms with Gasteiger partial charge in [-0.1, -0.05) is 35.7 Å². The highest BCUT2D eigenvalue weighted by molar-refractivity contribution is 9.10. The summed E-state index contributed by atoms with van der Waals surface area (Å²) < 4.78 is 25.3. The van der Waals surface area contributed by atoms with Crippen LogP contribution in [-0.2, 0) is 9.84 Å². The third kappa shape index (κ3) is 4.57. The highest BCUT2D eigenvalue weighted by Gasteiger charge is 2.19. The standard InChI is InChI=1S/C15H22BrNO2S/c1-12-3-2-4-14(11-12)17-9-10-20(18,19)15-7-5-13(16)6-8-15/h5-8,12,14,17H,2-4,9-11H2,1H3. The van der Waals surface area contributed by atoms with E-state index in [-0.39, 0.29) is 5.75 Å². The Morgan fingerprint density at radius 1 is 1.25 bits per heavy atom. The fourth-order valence-electron chi connectivity index (χ4n) is 2.78. The zero-order valence-corrected chi connectivity index (χ0v) is 14.2. The highest BCUT2D eigenvalue weighted by Crippen LogP contribution is 2.23. The van der Waals surface area contributed by atoms with Crippen LogP contribution in [0.25, 0.3) is 0 Å². The molecule has 5 heteroatoms. The van der Waals surface area contributed by atoms with Crippen molar-refractivity contribution < 1.29 is 8.42 Å². The van der Waals surface area contributed by atoms with Crippen molar-refractivity contribution in [2.45, 2.75) is 43.5 Å². The molecule has 1 saturated carbocycles. The molecule has 0 spiro atoms. The van der Waals surface area contributed by atoms with E-state index in [4.69, 9.17) is 0 Å². The van der Waals surface area contributed by atoms with Crippen molar-refractivity contribution >= 4 is 25.8 Å². The maximum Gasteiger partial charge on any atom is 0.179 e. The lowest BCUT2D eigenvalue weighted by Crippen LogP contribution is -2.36. The number of rotatable bonds is 5. The van der Waals surface area contributed by atoms with Gasteiger partial charge in [-0.3, -0.25) is 0 Å².